The standard InChI is InChI=1S/C14H10Cl2INO2/c15-9-1-4-11(5-2-9)20-8-14(19)18-13-6-3-10(17)7-12(13)16/h1-7H,8H2,(H,18,19). The van der Waals surface area contributed by atoms with E-state index in [1.807, 2.05) is 6.07 Å². The van der Waals surface area contributed by atoms with Crippen molar-refractivity contribution in [3.63, 3.8) is 0 Å². The summed E-state index contributed by atoms with van der Waals surface area (Å²) in [6.45, 7) is -0.0933. The van der Waals surface area contributed by atoms with Gasteiger partial charge in [-0.05, 0) is 65.1 Å². The third kappa shape index (κ3) is 4.54. The van der Waals surface area contributed by atoms with Crippen molar-refractivity contribution in [2.75, 3.05) is 11.9 Å². The molecule has 0 bridgehead atoms. The Labute approximate surface area is 140 Å². The summed E-state index contributed by atoms with van der Waals surface area (Å²) in [5.74, 6) is 0.307. The van der Waals surface area contributed by atoms with Crippen molar-refractivity contribution in [3.8, 4) is 5.75 Å². The van der Waals surface area contributed by atoms with Crippen LogP contribution in [0.5, 0.6) is 5.75 Å². The summed E-state index contributed by atoms with van der Waals surface area (Å²) >= 11 is 13.9. The van der Waals surface area contributed by atoms with Gasteiger partial charge in [0, 0.05) is 8.59 Å². The van der Waals surface area contributed by atoms with Crippen LogP contribution in [0.1, 0.15) is 0 Å². The minimum absolute atomic E-state index is 0.0933. The van der Waals surface area contributed by atoms with Gasteiger partial charge in [-0.3, -0.25) is 4.79 Å². The minimum Gasteiger partial charge on any atom is -0.484 e. The Bertz CT molecular complexity index is 617. The topological polar surface area (TPSA) is 38.3 Å². The molecule has 20 heavy (non-hydrogen) atoms. The molecule has 2 aromatic rings. The van der Waals surface area contributed by atoms with Gasteiger partial charge >= 0.3 is 0 Å². The largest absolute Gasteiger partial charge is 0.484 e. The van der Waals surface area contributed by atoms with Gasteiger partial charge in [0.1, 0.15) is 5.75 Å². The number of hydrogen-bond acceptors (Lipinski definition) is 2. The van der Waals surface area contributed by atoms with Crippen LogP contribution in [-0.4, -0.2) is 12.5 Å². The smallest absolute Gasteiger partial charge is 0.262 e. The van der Waals surface area contributed by atoms with Crippen molar-refractivity contribution < 1.29 is 9.53 Å². The van der Waals surface area contributed by atoms with Crippen molar-refractivity contribution in [2.45, 2.75) is 0 Å². The Morgan fingerprint density at radius 3 is 2.50 bits per heavy atom. The van der Waals surface area contributed by atoms with Crippen molar-refractivity contribution in [1.82, 2.24) is 0 Å². The zero-order chi connectivity index (χ0) is 14.5. The van der Waals surface area contributed by atoms with Crippen molar-refractivity contribution in [2.24, 2.45) is 0 Å². The summed E-state index contributed by atoms with van der Waals surface area (Å²) in [6.07, 6.45) is 0. The number of anilines is 1. The number of rotatable bonds is 4. The molecule has 0 aromatic heterocycles. The number of carbonyl (C=O) groups excluding carboxylic acids is 1. The lowest BCUT2D eigenvalue weighted by Crippen LogP contribution is -2.20. The average Bonchev–Trinajstić information content (AvgIpc) is 2.41. The molecule has 6 heteroatoms. The quantitative estimate of drug-likeness (QED) is 0.731. The highest BCUT2D eigenvalue weighted by Gasteiger charge is 2.07. The van der Waals surface area contributed by atoms with E-state index < -0.39 is 0 Å². The van der Waals surface area contributed by atoms with Crippen LogP contribution in [0.4, 0.5) is 5.69 Å². The van der Waals surface area contributed by atoms with Crippen LogP contribution in [0.25, 0.3) is 0 Å². The Balaban J connectivity index is 1.90. The summed E-state index contributed by atoms with van der Waals surface area (Å²) < 4.78 is 6.35. The summed E-state index contributed by atoms with van der Waals surface area (Å²) in [4.78, 5) is 11.8. The molecule has 0 atom stereocenters. The fraction of sp³-hybridized carbons (Fsp3) is 0.0714. The molecule has 0 aliphatic carbocycles. The summed E-state index contributed by atoms with van der Waals surface area (Å²) in [6, 6.07) is 12.2. The van der Waals surface area contributed by atoms with E-state index in [1.165, 1.54) is 0 Å². The SMILES string of the molecule is O=C(COc1ccc(Cl)cc1)Nc1ccc(I)cc1Cl. The molecule has 1 N–H and O–H groups in total. The normalized spacial score (nSPS) is 10.2. The first-order valence-corrected chi connectivity index (χ1v) is 7.51. The highest BCUT2D eigenvalue weighted by molar-refractivity contribution is 14.1. The average molecular weight is 422 g/mol. The number of carbonyl (C=O) groups is 1. The van der Waals surface area contributed by atoms with Crippen LogP contribution in [0, 0.1) is 3.57 Å². The van der Waals surface area contributed by atoms with Crippen molar-refractivity contribution in [1.29, 1.82) is 0 Å². The fourth-order valence-corrected chi connectivity index (χ4v) is 2.49. The summed E-state index contributed by atoms with van der Waals surface area (Å²) in [5.41, 5.74) is 0.566. The maximum Gasteiger partial charge on any atom is 0.262 e. The van der Waals surface area contributed by atoms with E-state index in [-0.39, 0.29) is 12.5 Å². The second-order valence-corrected chi connectivity index (χ2v) is 6.00. The molecule has 104 valence electrons. The number of hydrogen-bond donors (Lipinski definition) is 1. The lowest BCUT2D eigenvalue weighted by molar-refractivity contribution is -0.118. The zero-order valence-electron chi connectivity index (χ0n) is 10.2. The van der Waals surface area contributed by atoms with E-state index in [9.17, 15) is 4.79 Å². The summed E-state index contributed by atoms with van der Waals surface area (Å²) in [5, 5.41) is 3.81. The van der Waals surface area contributed by atoms with E-state index in [0.29, 0.717) is 21.5 Å². The lowest BCUT2D eigenvalue weighted by atomic mass is 10.3. The number of nitrogens with one attached hydrogen (secondary N) is 1. The third-order valence-corrected chi connectivity index (χ3v) is 3.62. The predicted molar refractivity (Wildman–Crippen MR) is 89.7 cm³/mol. The number of halogens is 3. The van der Waals surface area contributed by atoms with E-state index in [2.05, 4.69) is 27.9 Å². The van der Waals surface area contributed by atoms with Gasteiger partial charge in [-0.15, -0.1) is 0 Å². The monoisotopic (exact) mass is 421 g/mol. The molecule has 0 saturated heterocycles. The zero-order valence-corrected chi connectivity index (χ0v) is 13.9. The Kier molecular flexibility index (Phi) is 5.51. The minimum atomic E-state index is -0.275. The molecule has 0 aliphatic heterocycles. The van der Waals surface area contributed by atoms with Crippen LogP contribution in [0.15, 0.2) is 42.5 Å². The first-order chi connectivity index (χ1) is 9.54. The van der Waals surface area contributed by atoms with E-state index in [1.54, 1.807) is 36.4 Å². The van der Waals surface area contributed by atoms with Crippen LogP contribution in [-0.2, 0) is 4.79 Å². The van der Waals surface area contributed by atoms with E-state index in [4.69, 9.17) is 27.9 Å². The van der Waals surface area contributed by atoms with Gasteiger partial charge in [0.15, 0.2) is 6.61 Å². The molecule has 2 aromatic carbocycles. The maximum atomic E-state index is 11.8. The van der Waals surface area contributed by atoms with E-state index >= 15 is 0 Å². The Morgan fingerprint density at radius 1 is 1.15 bits per heavy atom. The molecule has 3 nitrogen and oxygen atoms in total. The number of amides is 1. The van der Waals surface area contributed by atoms with Crippen LogP contribution in [0.2, 0.25) is 10.0 Å². The molecular weight excluding hydrogens is 412 g/mol. The maximum absolute atomic E-state index is 11.8. The number of ether oxygens (including phenoxy) is 1. The molecular formula is C14H10Cl2INO2. The molecule has 2 rings (SSSR count). The molecule has 1 amide bonds. The molecule has 0 radical (unpaired) electrons. The van der Waals surface area contributed by atoms with E-state index in [0.717, 1.165) is 3.57 Å². The van der Waals surface area contributed by atoms with Crippen molar-refractivity contribution in [3.05, 3.63) is 56.1 Å². The molecule has 0 unspecified atom stereocenters. The van der Waals surface area contributed by atoms with Gasteiger partial charge in [0.2, 0.25) is 0 Å². The number of benzene rings is 2. The first kappa shape index (κ1) is 15.4. The molecule has 0 aliphatic rings. The predicted octanol–water partition coefficient (Wildman–Crippen LogP) is 4.62. The van der Waals surface area contributed by atoms with Gasteiger partial charge in [0.25, 0.3) is 5.91 Å². The highest BCUT2D eigenvalue weighted by atomic mass is 127. The van der Waals surface area contributed by atoms with Gasteiger partial charge in [-0.25, -0.2) is 0 Å². The second kappa shape index (κ2) is 7.15. The van der Waals surface area contributed by atoms with Gasteiger partial charge in [-0.1, -0.05) is 23.2 Å². The van der Waals surface area contributed by atoms with Crippen LogP contribution in [0.3, 0.4) is 0 Å². The molecule has 0 fully saturated rings. The van der Waals surface area contributed by atoms with Crippen molar-refractivity contribution >= 4 is 57.4 Å². The molecule has 0 saturated carbocycles. The first-order valence-electron chi connectivity index (χ1n) is 5.68. The van der Waals surface area contributed by atoms with Crippen LogP contribution < -0.4 is 10.1 Å². The van der Waals surface area contributed by atoms with Gasteiger partial charge in [0.05, 0.1) is 10.7 Å². The van der Waals surface area contributed by atoms with Crippen LogP contribution >= 0.6 is 45.8 Å². The summed E-state index contributed by atoms with van der Waals surface area (Å²) in [7, 11) is 0. The third-order valence-electron chi connectivity index (χ3n) is 2.39. The Hall–Kier alpha value is -0.980. The lowest BCUT2D eigenvalue weighted by Gasteiger charge is -2.09. The second-order valence-electron chi connectivity index (χ2n) is 3.91. The van der Waals surface area contributed by atoms with Gasteiger partial charge in [-0.2, -0.15) is 0 Å². The fourth-order valence-electron chi connectivity index (χ4n) is 1.46. The molecule has 0 spiro atoms. The Morgan fingerprint density at radius 2 is 1.85 bits per heavy atom. The van der Waals surface area contributed by atoms with Gasteiger partial charge < -0.3 is 10.1 Å². The molecule has 0 heterocycles. The highest BCUT2D eigenvalue weighted by Crippen LogP contribution is 2.23.